The van der Waals surface area contributed by atoms with E-state index in [0.29, 0.717) is 23.3 Å². The van der Waals surface area contributed by atoms with E-state index in [4.69, 9.17) is 11.6 Å². The predicted molar refractivity (Wildman–Crippen MR) is 76.5 cm³/mol. The number of halogens is 1. The van der Waals surface area contributed by atoms with Crippen molar-refractivity contribution < 1.29 is 4.79 Å². The Labute approximate surface area is 121 Å². The molecule has 1 amide bonds. The van der Waals surface area contributed by atoms with Crippen molar-refractivity contribution in [3.05, 3.63) is 29.5 Å². The Balaban J connectivity index is 1.86. The van der Waals surface area contributed by atoms with Crippen LogP contribution in [0.4, 0.5) is 5.69 Å². The Morgan fingerprint density at radius 2 is 2.15 bits per heavy atom. The number of amides is 1. The van der Waals surface area contributed by atoms with Crippen molar-refractivity contribution in [3.63, 3.8) is 0 Å². The summed E-state index contributed by atoms with van der Waals surface area (Å²) in [7, 11) is 0. The van der Waals surface area contributed by atoms with Crippen LogP contribution < -0.4 is 10.2 Å². The Hall–Kier alpha value is -1.72. The molecule has 4 rings (SSSR count). The number of anilines is 1. The van der Waals surface area contributed by atoms with Crippen LogP contribution in [0, 0.1) is 5.92 Å². The number of pyridine rings is 2. The first kappa shape index (κ1) is 12.1. The molecule has 1 aliphatic heterocycles. The van der Waals surface area contributed by atoms with Gasteiger partial charge in [0.2, 0.25) is 5.91 Å². The van der Waals surface area contributed by atoms with Gasteiger partial charge >= 0.3 is 0 Å². The monoisotopic (exact) mass is 288 g/mol. The molecule has 1 N–H and O–H groups in total. The summed E-state index contributed by atoms with van der Waals surface area (Å²) in [6.07, 6.45) is 4.13. The molecule has 2 fully saturated rings. The van der Waals surface area contributed by atoms with Gasteiger partial charge in [-0.1, -0.05) is 11.6 Å². The van der Waals surface area contributed by atoms with Gasteiger partial charge in [-0.25, -0.2) is 9.97 Å². The quantitative estimate of drug-likeness (QED) is 0.858. The molecule has 5 nitrogen and oxygen atoms in total. The molecule has 0 spiro atoms. The van der Waals surface area contributed by atoms with E-state index in [1.54, 1.807) is 12.3 Å². The normalized spacial score (nSPS) is 22.8. The zero-order chi connectivity index (χ0) is 13.7. The molecule has 3 heterocycles. The number of hydrogen-bond acceptors (Lipinski definition) is 4. The topological polar surface area (TPSA) is 58.1 Å². The fourth-order valence-corrected chi connectivity index (χ4v) is 2.94. The largest absolute Gasteiger partial charge is 0.294 e. The van der Waals surface area contributed by atoms with E-state index < -0.39 is 0 Å². The first-order valence-electron chi connectivity index (χ1n) is 6.71. The first-order valence-corrected chi connectivity index (χ1v) is 7.08. The third kappa shape index (κ3) is 1.85. The molecule has 0 aromatic carbocycles. The zero-order valence-electron chi connectivity index (χ0n) is 10.7. The highest BCUT2D eigenvalue weighted by atomic mass is 35.5. The van der Waals surface area contributed by atoms with Crippen molar-refractivity contribution in [2.24, 2.45) is 5.92 Å². The lowest BCUT2D eigenvalue weighted by Crippen LogP contribution is -2.39. The Bertz CT molecular complexity index is 701. The van der Waals surface area contributed by atoms with Gasteiger partial charge in [0.15, 0.2) is 5.65 Å². The van der Waals surface area contributed by atoms with E-state index in [0.717, 1.165) is 11.1 Å². The van der Waals surface area contributed by atoms with Gasteiger partial charge in [-0.2, -0.15) is 0 Å². The van der Waals surface area contributed by atoms with E-state index in [9.17, 15) is 4.79 Å². The molecule has 1 saturated carbocycles. The van der Waals surface area contributed by atoms with Gasteiger partial charge in [0.05, 0.1) is 18.4 Å². The summed E-state index contributed by atoms with van der Waals surface area (Å²) in [6, 6.07) is 5.48. The maximum absolute atomic E-state index is 12.2. The van der Waals surface area contributed by atoms with Crippen molar-refractivity contribution >= 4 is 34.2 Å². The molecule has 2 aromatic rings. The van der Waals surface area contributed by atoms with Crippen LogP contribution in [0.2, 0.25) is 5.15 Å². The second-order valence-electron chi connectivity index (χ2n) is 5.26. The Morgan fingerprint density at radius 1 is 1.30 bits per heavy atom. The summed E-state index contributed by atoms with van der Waals surface area (Å²) in [5.41, 5.74) is 1.44. The van der Waals surface area contributed by atoms with E-state index in [1.165, 1.54) is 12.8 Å². The minimum Gasteiger partial charge on any atom is -0.294 e. The van der Waals surface area contributed by atoms with Crippen molar-refractivity contribution in [3.8, 4) is 0 Å². The lowest BCUT2D eigenvalue weighted by molar-refractivity contribution is -0.116. The minimum absolute atomic E-state index is 0.101. The van der Waals surface area contributed by atoms with Crippen molar-refractivity contribution in [1.29, 1.82) is 0 Å². The Morgan fingerprint density at radius 3 is 2.95 bits per heavy atom. The van der Waals surface area contributed by atoms with Gasteiger partial charge in [-0.3, -0.25) is 15.0 Å². The summed E-state index contributed by atoms with van der Waals surface area (Å²) in [4.78, 5) is 22.5. The lowest BCUT2D eigenvalue weighted by atomic mass is 10.2. The lowest BCUT2D eigenvalue weighted by Gasteiger charge is -2.25. The second kappa shape index (κ2) is 4.40. The number of fused-ring (bicyclic) bond motifs is 1. The van der Waals surface area contributed by atoms with E-state index >= 15 is 0 Å². The molecule has 2 aliphatic rings. The molecular weight excluding hydrogens is 276 g/mol. The molecule has 102 valence electrons. The summed E-state index contributed by atoms with van der Waals surface area (Å²) >= 11 is 5.90. The molecular formula is C14H13ClN4O. The number of carbonyl (C=O) groups is 1. The average Bonchev–Trinajstić information content (AvgIpc) is 3.21. The van der Waals surface area contributed by atoms with Gasteiger partial charge in [-0.05, 0) is 37.0 Å². The predicted octanol–water partition coefficient (Wildman–Crippen LogP) is 1.96. The summed E-state index contributed by atoms with van der Waals surface area (Å²) < 4.78 is 0. The van der Waals surface area contributed by atoms with Gasteiger partial charge in [0.25, 0.3) is 0 Å². The number of carbonyl (C=O) groups excluding carboxylic acids is 1. The summed E-state index contributed by atoms with van der Waals surface area (Å²) in [6.45, 7) is 0.395. The Kier molecular flexibility index (Phi) is 2.65. The highest BCUT2D eigenvalue weighted by Gasteiger charge is 2.42. The third-order valence-electron chi connectivity index (χ3n) is 3.88. The molecule has 0 radical (unpaired) electrons. The standard InChI is InChI=1S/C14H13ClN4O/c15-11-4-3-9-10(5-6-16-13(9)18-11)19-12(20)7-17-14(19)8-1-2-8/h3-6,8,14,17H,1-2,7H2. The first-order chi connectivity index (χ1) is 9.74. The molecule has 1 unspecified atom stereocenters. The fraction of sp³-hybridized carbons (Fsp3) is 0.357. The molecule has 1 atom stereocenters. The van der Waals surface area contributed by atoms with Crippen molar-refractivity contribution in [2.75, 3.05) is 11.4 Å². The number of rotatable bonds is 2. The van der Waals surface area contributed by atoms with Gasteiger partial charge in [0, 0.05) is 11.6 Å². The number of hydrogen-bond donors (Lipinski definition) is 1. The van der Waals surface area contributed by atoms with Gasteiger partial charge in [-0.15, -0.1) is 0 Å². The molecule has 0 bridgehead atoms. The van der Waals surface area contributed by atoms with Crippen LogP contribution in [0.3, 0.4) is 0 Å². The number of aromatic nitrogens is 2. The van der Waals surface area contributed by atoms with Crippen LogP contribution in [-0.4, -0.2) is 28.6 Å². The van der Waals surface area contributed by atoms with Crippen LogP contribution in [0.15, 0.2) is 24.4 Å². The zero-order valence-corrected chi connectivity index (χ0v) is 11.5. The van der Waals surface area contributed by atoms with Crippen molar-refractivity contribution in [1.82, 2.24) is 15.3 Å². The summed E-state index contributed by atoms with van der Waals surface area (Å²) in [5.74, 6) is 0.661. The molecule has 20 heavy (non-hydrogen) atoms. The van der Waals surface area contributed by atoms with Crippen LogP contribution in [-0.2, 0) is 4.79 Å². The number of nitrogens with one attached hydrogen (secondary N) is 1. The van der Waals surface area contributed by atoms with E-state index in [1.807, 2.05) is 17.0 Å². The maximum Gasteiger partial charge on any atom is 0.242 e. The highest BCUT2D eigenvalue weighted by molar-refractivity contribution is 6.29. The molecule has 6 heteroatoms. The highest BCUT2D eigenvalue weighted by Crippen LogP contribution is 2.39. The van der Waals surface area contributed by atoms with Crippen LogP contribution in [0.25, 0.3) is 11.0 Å². The third-order valence-corrected chi connectivity index (χ3v) is 4.09. The van der Waals surface area contributed by atoms with E-state index in [-0.39, 0.29) is 12.1 Å². The summed E-state index contributed by atoms with van der Waals surface area (Å²) in [5, 5.41) is 4.57. The average molecular weight is 289 g/mol. The van der Waals surface area contributed by atoms with Crippen LogP contribution >= 0.6 is 11.6 Å². The maximum atomic E-state index is 12.2. The van der Waals surface area contributed by atoms with Crippen molar-refractivity contribution in [2.45, 2.75) is 19.0 Å². The minimum atomic E-state index is 0.101. The molecule has 1 aliphatic carbocycles. The fourth-order valence-electron chi connectivity index (χ4n) is 2.80. The molecule has 1 saturated heterocycles. The number of nitrogens with zero attached hydrogens (tertiary/aromatic N) is 3. The van der Waals surface area contributed by atoms with Crippen LogP contribution in [0.5, 0.6) is 0 Å². The smallest absolute Gasteiger partial charge is 0.242 e. The van der Waals surface area contributed by atoms with Gasteiger partial charge in [0.1, 0.15) is 5.15 Å². The van der Waals surface area contributed by atoms with Crippen LogP contribution in [0.1, 0.15) is 12.8 Å². The SMILES string of the molecule is O=C1CNC(C2CC2)N1c1ccnc2nc(Cl)ccc12. The van der Waals surface area contributed by atoms with Gasteiger partial charge < -0.3 is 0 Å². The molecule has 2 aromatic heterocycles. The van der Waals surface area contributed by atoms with E-state index in [2.05, 4.69) is 15.3 Å². The second-order valence-corrected chi connectivity index (χ2v) is 5.65.